The predicted octanol–water partition coefficient (Wildman–Crippen LogP) is 2.41. The first kappa shape index (κ1) is 15.9. The van der Waals surface area contributed by atoms with Gasteiger partial charge in [-0.2, -0.15) is 5.21 Å². The number of hydrogen-bond donors (Lipinski definition) is 1. The van der Waals surface area contributed by atoms with Crippen LogP contribution in [0.4, 0.5) is 5.69 Å². The number of amides is 1. The van der Waals surface area contributed by atoms with E-state index in [1.54, 1.807) is 0 Å². The number of rotatable bonds is 5. The molecule has 1 heterocycles. The van der Waals surface area contributed by atoms with Crippen LogP contribution in [0.25, 0.3) is 0 Å². The summed E-state index contributed by atoms with van der Waals surface area (Å²) in [6, 6.07) is 15.6. The van der Waals surface area contributed by atoms with Crippen molar-refractivity contribution >= 4 is 11.6 Å². The standard InChI is InChI=1S/C18H19N5O/c1-12-7-3-5-9-14(12)11-15(17-20-22-23-21-17)18(24)19-16-10-6-4-8-13(16)2/h3-10,15H,11H2,1-2H3,(H2,19,20,21,22,23,24)/p-1/t15-/m0/s1. The number of aromatic nitrogens is 4. The quantitative estimate of drug-likeness (QED) is 0.780. The molecule has 0 saturated heterocycles. The summed E-state index contributed by atoms with van der Waals surface area (Å²) < 4.78 is 0. The van der Waals surface area contributed by atoms with Crippen molar-refractivity contribution < 1.29 is 4.79 Å². The van der Waals surface area contributed by atoms with Crippen molar-refractivity contribution in [3.63, 3.8) is 0 Å². The Morgan fingerprint density at radius 1 is 1.08 bits per heavy atom. The minimum Gasteiger partial charge on any atom is -0.335 e. The summed E-state index contributed by atoms with van der Waals surface area (Å²) in [5.74, 6) is -0.368. The third kappa shape index (κ3) is 3.48. The van der Waals surface area contributed by atoms with Crippen molar-refractivity contribution in [2.24, 2.45) is 0 Å². The van der Waals surface area contributed by atoms with E-state index in [1.165, 1.54) is 0 Å². The second kappa shape index (κ2) is 7.04. The molecule has 0 radical (unpaired) electrons. The maximum absolute atomic E-state index is 12.8. The Balaban J connectivity index is 1.87. The first-order valence-corrected chi connectivity index (χ1v) is 7.75. The van der Waals surface area contributed by atoms with Gasteiger partial charge in [-0.15, -0.1) is 0 Å². The molecule has 0 unspecified atom stereocenters. The average Bonchev–Trinajstić information content (AvgIpc) is 3.10. The lowest BCUT2D eigenvalue weighted by atomic mass is 9.94. The summed E-state index contributed by atoms with van der Waals surface area (Å²) in [5, 5.41) is 17.8. The van der Waals surface area contributed by atoms with Crippen LogP contribution in [0.3, 0.4) is 0 Å². The molecule has 0 fully saturated rings. The highest BCUT2D eigenvalue weighted by atomic mass is 16.1. The number of nitrogens with one attached hydrogen (secondary N) is 1. The van der Waals surface area contributed by atoms with Crippen LogP contribution in [-0.4, -0.2) is 21.4 Å². The number of benzene rings is 2. The summed E-state index contributed by atoms with van der Waals surface area (Å²) in [5.41, 5.74) is 3.98. The van der Waals surface area contributed by atoms with Crippen molar-refractivity contribution in [3.8, 4) is 0 Å². The van der Waals surface area contributed by atoms with Gasteiger partial charge in [0, 0.05) is 11.5 Å². The van der Waals surface area contributed by atoms with E-state index in [4.69, 9.17) is 0 Å². The van der Waals surface area contributed by atoms with Gasteiger partial charge in [-0.3, -0.25) is 15.1 Å². The van der Waals surface area contributed by atoms with Crippen molar-refractivity contribution in [2.75, 3.05) is 5.32 Å². The van der Waals surface area contributed by atoms with E-state index in [0.717, 1.165) is 22.4 Å². The summed E-state index contributed by atoms with van der Waals surface area (Å²) >= 11 is 0. The minimum atomic E-state index is -0.541. The molecule has 1 atom stereocenters. The number of para-hydroxylation sites is 1. The molecular weight excluding hydrogens is 302 g/mol. The lowest BCUT2D eigenvalue weighted by molar-refractivity contribution is -0.117. The molecule has 2 aromatic carbocycles. The third-order valence-corrected chi connectivity index (χ3v) is 4.05. The monoisotopic (exact) mass is 320 g/mol. The fourth-order valence-electron chi connectivity index (χ4n) is 2.58. The molecule has 3 aromatic rings. The van der Waals surface area contributed by atoms with E-state index < -0.39 is 5.92 Å². The number of aryl methyl sites for hydroxylation is 2. The highest BCUT2D eigenvalue weighted by Crippen LogP contribution is 2.22. The topological polar surface area (TPSA) is 81.9 Å². The van der Waals surface area contributed by atoms with Gasteiger partial charge in [0.25, 0.3) is 0 Å². The molecule has 0 aliphatic rings. The largest absolute Gasteiger partial charge is 0.335 e. The van der Waals surface area contributed by atoms with Gasteiger partial charge in [0.05, 0.1) is 5.92 Å². The Labute approximate surface area is 140 Å². The Morgan fingerprint density at radius 3 is 2.46 bits per heavy atom. The van der Waals surface area contributed by atoms with E-state index in [0.29, 0.717) is 12.2 Å². The van der Waals surface area contributed by atoms with E-state index in [1.807, 2.05) is 62.4 Å². The van der Waals surface area contributed by atoms with Crippen LogP contribution in [0.15, 0.2) is 48.5 Å². The number of hydrogen-bond acceptors (Lipinski definition) is 4. The van der Waals surface area contributed by atoms with Crippen molar-refractivity contribution in [1.82, 2.24) is 20.6 Å². The molecule has 6 heteroatoms. The molecule has 1 amide bonds. The van der Waals surface area contributed by atoms with Crippen LogP contribution in [0, 0.1) is 13.8 Å². The second-order valence-corrected chi connectivity index (χ2v) is 5.72. The van der Waals surface area contributed by atoms with Gasteiger partial charge in [-0.05, 0) is 43.0 Å². The lowest BCUT2D eigenvalue weighted by Crippen LogP contribution is -2.25. The van der Waals surface area contributed by atoms with Gasteiger partial charge in [-0.25, -0.2) is 0 Å². The SMILES string of the molecule is Cc1ccccc1C[C@H](C(=O)Nc1ccccc1C)c1nnn[n-]1. The van der Waals surface area contributed by atoms with Crippen molar-refractivity contribution in [3.05, 3.63) is 71.0 Å². The van der Waals surface area contributed by atoms with Gasteiger partial charge in [0.1, 0.15) is 0 Å². The van der Waals surface area contributed by atoms with Crippen LogP contribution in [0.2, 0.25) is 0 Å². The Morgan fingerprint density at radius 2 is 1.79 bits per heavy atom. The van der Waals surface area contributed by atoms with Crippen molar-refractivity contribution in [1.29, 1.82) is 0 Å². The average molecular weight is 320 g/mol. The molecule has 0 aliphatic heterocycles. The second-order valence-electron chi connectivity index (χ2n) is 5.72. The fraction of sp³-hybridized carbons (Fsp3) is 0.222. The molecule has 1 N–H and O–H groups in total. The van der Waals surface area contributed by atoms with Crippen LogP contribution in [0.1, 0.15) is 28.4 Å². The number of carbonyl (C=O) groups excluding carboxylic acids is 1. The van der Waals surface area contributed by atoms with Crippen molar-refractivity contribution in [2.45, 2.75) is 26.2 Å². The molecule has 122 valence electrons. The minimum absolute atomic E-state index is 0.164. The number of anilines is 1. The summed E-state index contributed by atoms with van der Waals surface area (Å²) in [6.07, 6.45) is 0.498. The molecule has 24 heavy (non-hydrogen) atoms. The molecule has 1 aromatic heterocycles. The molecular formula is C18H18N5O-. The zero-order valence-corrected chi connectivity index (χ0v) is 13.6. The van der Waals surface area contributed by atoms with Gasteiger partial charge < -0.3 is 10.4 Å². The molecule has 3 rings (SSSR count). The molecule has 0 aliphatic carbocycles. The zero-order chi connectivity index (χ0) is 16.9. The normalized spacial score (nSPS) is 11.9. The summed E-state index contributed by atoms with van der Waals surface area (Å²) in [4.78, 5) is 12.8. The van der Waals surface area contributed by atoms with Gasteiger partial charge in [0.15, 0.2) is 0 Å². The smallest absolute Gasteiger partial charge is 0.232 e. The van der Waals surface area contributed by atoms with Crippen LogP contribution in [-0.2, 0) is 11.2 Å². The zero-order valence-electron chi connectivity index (χ0n) is 13.6. The Hall–Kier alpha value is -3.02. The summed E-state index contributed by atoms with van der Waals surface area (Å²) in [7, 11) is 0. The van der Waals surface area contributed by atoms with E-state index in [2.05, 4.69) is 25.9 Å². The number of carbonyl (C=O) groups is 1. The predicted molar refractivity (Wildman–Crippen MR) is 90.6 cm³/mol. The van der Waals surface area contributed by atoms with Crippen LogP contribution >= 0.6 is 0 Å². The Kier molecular flexibility index (Phi) is 4.65. The maximum atomic E-state index is 12.8. The highest BCUT2D eigenvalue weighted by Gasteiger charge is 2.22. The van der Waals surface area contributed by atoms with Gasteiger partial charge in [-0.1, -0.05) is 42.5 Å². The number of tetrazole rings is 1. The van der Waals surface area contributed by atoms with Crippen LogP contribution < -0.4 is 10.4 Å². The first-order valence-electron chi connectivity index (χ1n) is 7.75. The van der Waals surface area contributed by atoms with E-state index >= 15 is 0 Å². The van der Waals surface area contributed by atoms with Crippen LogP contribution in [0.5, 0.6) is 0 Å². The molecule has 0 spiro atoms. The van der Waals surface area contributed by atoms with E-state index in [9.17, 15) is 4.79 Å². The molecule has 0 saturated carbocycles. The first-order chi connectivity index (χ1) is 11.6. The Bertz CT molecular complexity index is 829. The molecule has 6 nitrogen and oxygen atoms in total. The molecule has 0 bridgehead atoms. The summed E-state index contributed by atoms with van der Waals surface area (Å²) in [6.45, 7) is 3.97. The van der Waals surface area contributed by atoms with Gasteiger partial charge in [0.2, 0.25) is 5.91 Å². The highest BCUT2D eigenvalue weighted by molar-refractivity contribution is 5.96. The van der Waals surface area contributed by atoms with Gasteiger partial charge >= 0.3 is 0 Å². The third-order valence-electron chi connectivity index (χ3n) is 4.05. The maximum Gasteiger partial charge on any atom is 0.232 e. The lowest BCUT2D eigenvalue weighted by Gasteiger charge is -2.19. The number of nitrogens with zero attached hydrogens (tertiary/aromatic N) is 4. The van der Waals surface area contributed by atoms with E-state index in [-0.39, 0.29) is 5.91 Å². The fourth-order valence-corrected chi connectivity index (χ4v) is 2.58.